The number of aromatic nitrogens is 2. The summed E-state index contributed by atoms with van der Waals surface area (Å²) in [5.74, 6) is -0.685. The van der Waals surface area contributed by atoms with Crippen molar-refractivity contribution in [2.45, 2.75) is 13.0 Å². The molecule has 0 spiro atoms. The molecule has 0 aliphatic rings. The molecule has 0 amide bonds. The van der Waals surface area contributed by atoms with E-state index < -0.39 is 12.1 Å². The maximum atomic E-state index is 13.0. The van der Waals surface area contributed by atoms with Gasteiger partial charge in [-0.3, -0.25) is 0 Å². The number of esters is 1. The molecule has 0 unspecified atom stereocenters. The molecule has 4 aromatic rings. The van der Waals surface area contributed by atoms with Gasteiger partial charge >= 0.3 is 5.97 Å². The number of hydrogen-bond donors (Lipinski definition) is 0. The lowest BCUT2D eigenvalue weighted by Crippen LogP contribution is -2.08. The van der Waals surface area contributed by atoms with Crippen LogP contribution < -0.4 is 0 Å². The number of ether oxygens (including phenoxy) is 1. The Morgan fingerprint density at radius 2 is 1.89 bits per heavy atom. The number of rotatable bonds is 4. The number of fused-ring (bicyclic) bond motifs is 1. The molecule has 0 bridgehead atoms. The van der Waals surface area contributed by atoms with Crippen LogP contribution in [0.25, 0.3) is 22.4 Å². The second-order valence-electron chi connectivity index (χ2n) is 5.79. The van der Waals surface area contributed by atoms with Crippen LogP contribution in [0.3, 0.4) is 0 Å². The van der Waals surface area contributed by atoms with Gasteiger partial charge in [-0.25, -0.2) is 9.18 Å². The molecule has 136 valence electrons. The normalized spacial score (nSPS) is 12.3. The number of carbonyl (C=O) groups is 1. The van der Waals surface area contributed by atoms with Gasteiger partial charge in [0.2, 0.25) is 11.7 Å². The van der Waals surface area contributed by atoms with Gasteiger partial charge in [0, 0.05) is 16.0 Å². The minimum absolute atomic E-state index is 0.0393. The number of carbonyl (C=O) groups excluding carboxylic acids is 1. The fraction of sp³-hybridized carbons (Fsp3) is 0.105. The second-order valence-corrected chi connectivity index (χ2v) is 6.23. The fourth-order valence-corrected chi connectivity index (χ4v) is 2.67. The third-order valence-corrected chi connectivity index (χ3v) is 4.08. The van der Waals surface area contributed by atoms with Crippen LogP contribution in [0.5, 0.6) is 0 Å². The first-order chi connectivity index (χ1) is 13.0. The third-order valence-electron chi connectivity index (χ3n) is 3.84. The van der Waals surface area contributed by atoms with Gasteiger partial charge in [-0.05, 0) is 55.5 Å². The Morgan fingerprint density at radius 3 is 2.67 bits per heavy atom. The van der Waals surface area contributed by atoms with Crippen LogP contribution in [0.2, 0.25) is 5.02 Å². The van der Waals surface area contributed by atoms with Crippen LogP contribution >= 0.6 is 11.6 Å². The largest absolute Gasteiger partial charge is 0.449 e. The molecular weight excluding hydrogens is 375 g/mol. The number of nitrogens with zero attached hydrogens (tertiary/aromatic N) is 2. The van der Waals surface area contributed by atoms with E-state index in [2.05, 4.69) is 10.2 Å². The SMILES string of the molecule is C[C@H](OC(=O)c1cc2cc(Cl)ccc2o1)c1nnc(-c2ccc(F)cc2)o1. The van der Waals surface area contributed by atoms with Crippen molar-refractivity contribution in [1.82, 2.24) is 10.2 Å². The summed E-state index contributed by atoms with van der Waals surface area (Å²) in [7, 11) is 0. The summed E-state index contributed by atoms with van der Waals surface area (Å²) in [5.41, 5.74) is 1.08. The Bertz CT molecular complexity index is 1120. The van der Waals surface area contributed by atoms with Gasteiger partial charge < -0.3 is 13.6 Å². The van der Waals surface area contributed by atoms with Crippen LogP contribution in [-0.2, 0) is 4.74 Å². The molecule has 4 rings (SSSR count). The molecule has 8 heteroatoms. The molecule has 2 aromatic heterocycles. The molecule has 1 atom stereocenters. The standard InChI is InChI=1S/C19H12ClFN2O4/c1-10(17-22-23-18(27-17)11-2-5-14(21)6-3-11)25-19(24)16-9-12-8-13(20)4-7-15(12)26-16/h2-10H,1H3/t10-/m0/s1. The zero-order chi connectivity index (χ0) is 19.0. The fourth-order valence-electron chi connectivity index (χ4n) is 2.49. The average Bonchev–Trinajstić information content (AvgIpc) is 3.29. The van der Waals surface area contributed by atoms with Gasteiger partial charge in [0.05, 0.1) is 0 Å². The van der Waals surface area contributed by atoms with Gasteiger partial charge in [-0.1, -0.05) is 11.6 Å². The highest BCUT2D eigenvalue weighted by molar-refractivity contribution is 6.31. The Hall–Kier alpha value is -3.19. The zero-order valence-corrected chi connectivity index (χ0v) is 14.7. The molecule has 0 aliphatic carbocycles. The topological polar surface area (TPSA) is 78.4 Å². The van der Waals surface area contributed by atoms with E-state index in [0.29, 0.717) is 21.6 Å². The molecule has 2 heterocycles. The van der Waals surface area contributed by atoms with Crippen molar-refractivity contribution in [3.63, 3.8) is 0 Å². The summed E-state index contributed by atoms with van der Waals surface area (Å²) in [6.07, 6.45) is -0.795. The van der Waals surface area contributed by atoms with Crippen LogP contribution in [0.4, 0.5) is 4.39 Å². The second kappa shape index (κ2) is 6.85. The molecule has 0 aliphatic heterocycles. The number of benzene rings is 2. The van der Waals surface area contributed by atoms with Crippen molar-refractivity contribution in [2.75, 3.05) is 0 Å². The molecule has 27 heavy (non-hydrogen) atoms. The van der Waals surface area contributed by atoms with Crippen molar-refractivity contribution in [1.29, 1.82) is 0 Å². The molecule has 0 radical (unpaired) electrons. The van der Waals surface area contributed by atoms with Crippen molar-refractivity contribution < 1.29 is 22.8 Å². The van der Waals surface area contributed by atoms with Crippen molar-refractivity contribution in [2.24, 2.45) is 0 Å². The van der Waals surface area contributed by atoms with E-state index in [1.54, 1.807) is 31.2 Å². The minimum Gasteiger partial charge on any atom is -0.449 e. The maximum absolute atomic E-state index is 13.0. The zero-order valence-electron chi connectivity index (χ0n) is 14.0. The lowest BCUT2D eigenvalue weighted by molar-refractivity contribution is 0.0247. The predicted octanol–water partition coefficient (Wildman–Crippen LogP) is 5.19. The van der Waals surface area contributed by atoms with Crippen LogP contribution in [0.15, 0.2) is 57.4 Å². The lowest BCUT2D eigenvalue weighted by atomic mass is 10.2. The molecule has 0 saturated carbocycles. The first-order valence-corrected chi connectivity index (χ1v) is 8.37. The molecule has 0 fully saturated rings. The Kier molecular flexibility index (Phi) is 4.37. The quantitative estimate of drug-likeness (QED) is 0.449. The average molecular weight is 387 g/mol. The van der Waals surface area contributed by atoms with Crippen LogP contribution in [0, 0.1) is 5.82 Å². The van der Waals surface area contributed by atoms with E-state index in [4.69, 9.17) is 25.2 Å². The summed E-state index contributed by atoms with van der Waals surface area (Å²) < 4.78 is 29.3. The lowest BCUT2D eigenvalue weighted by Gasteiger charge is -2.07. The van der Waals surface area contributed by atoms with E-state index in [-0.39, 0.29) is 23.4 Å². The summed E-state index contributed by atoms with van der Waals surface area (Å²) >= 11 is 5.93. The number of furan rings is 1. The third kappa shape index (κ3) is 3.54. The molecule has 2 aromatic carbocycles. The first kappa shape index (κ1) is 17.2. The van der Waals surface area contributed by atoms with Gasteiger partial charge in [0.25, 0.3) is 5.89 Å². The van der Waals surface area contributed by atoms with Crippen LogP contribution in [-0.4, -0.2) is 16.2 Å². The summed E-state index contributed by atoms with van der Waals surface area (Å²) in [5, 5.41) is 9.00. The Morgan fingerprint density at radius 1 is 1.11 bits per heavy atom. The summed E-state index contributed by atoms with van der Waals surface area (Å²) in [6, 6.07) is 12.2. The molecule has 6 nitrogen and oxygen atoms in total. The number of hydrogen-bond acceptors (Lipinski definition) is 6. The number of halogens is 2. The summed E-state index contributed by atoms with van der Waals surface area (Å²) in [6.45, 7) is 1.60. The Labute approximate surface area is 157 Å². The monoisotopic (exact) mass is 386 g/mol. The summed E-state index contributed by atoms with van der Waals surface area (Å²) in [4.78, 5) is 12.3. The highest BCUT2D eigenvalue weighted by atomic mass is 35.5. The minimum atomic E-state index is -0.795. The molecule has 0 N–H and O–H groups in total. The van der Waals surface area contributed by atoms with E-state index in [0.717, 1.165) is 0 Å². The highest BCUT2D eigenvalue weighted by Crippen LogP contribution is 2.26. The van der Waals surface area contributed by atoms with E-state index in [9.17, 15) is 9.18 Å². The van der Waals surface area contributed by atoms with E-state index in [1.165, 1.54) is 24.3 Å². The predicted molar refractivity (Wildman–Crippen MR) is 94.7 cm³/mol. The van der Waals surface area contributed by atoms with Gasteiger partial charge in [0.1, 0.15) is 11.4 Å². The molecular formula is C19H12ClFN2O4. The van der Waals surface area contributed by atoms with Gasteiger partial charge in [-0.2, -0.15) is 0 Å². The van der Waals surface area contributed by atoms with Crippen molar-refractivity contribution in [3.8, 4) is 11.5 Å². The molecule has 0 saturated heterocycles. The first-order valence-electron chi connectivity index (χ1n) is 7.99. The van der Waals surface area contributed by atoms with Gasteiger partial charge in [-0.15, -0.1) is 10.2 Å². The Balaban J connectivity index is 1.50. The highest BCUT2D eigenvalue weighted by Gasteiger charge is 2.22. The van der Waals surface area contributed by atoms with Gasteiger partial charge in [0.15, 0.2) is 6.10 Å². The van der Waals surface area contributed by atoms with Crippen molar-refractivity contribution in [3.05, 3.63) is 71.0 Å². The smallest absolute Gasteiger partial charge is 0.375 e. The maximum Gasteiger partial charge on any atom is 0.375 e. The van der Waals surface area contributed by atoms with E-state index >= 15 is 0 Å². The van der Waals surface area contributed by atoms with Crippen LogP contribution in [0.1, 0.15) is 29.5 Å². The van der Waals surface area contributed by atoms with E-state index in [1.807, 2.05) is 0 Å². The van der Waals surface area contributed by atoms with Crippen molar-refractivity contribution >= 4 is 28.5 Å².